The maximum Gasteiger partial charge on any atom is 0.308 e. The highest BCUT2D eigenvalue weighted by Crippen LogP contribution is 2.20. The van der Waals surface area contributed by atoms with Gasteiger partial charge in [0.1, 0.15) is 5.75 Å². The Morgan fingerprint density at radius 3 is 2.24 bits per heavy atom. The average Bonchev–Trinajstić information content (AvgIpc) is 2.48. The first kappa shape index (κ1) is 15.3. The predicted molar refractivity (Wildman–Crippen MR) is 81.8 cm³/mol. The van der Waals surface area contributed by atoms with Gasteiger partial charge in [-0.2, -0.15) is 0 Å². The fraction of sp³-hybridized carbons (Fsp3) is 0.176. The topological polar surface area (TPSA) is 43.4 Å². The van der Waals surface area contributed by atoms with E-state index in [9.17, 15) is 9.59 Å². The number of carbonyl (C=O) groups excluding carboxylic acids is 2. The van der Waals surface area contributed by atoms with Crippen LogP contribution in [0, 0.1) is 0 Å². The van der Waals surface area contributed by atoms with Crippen LogP contribution in [0.1, 0.15) is 28.4 Å². The van der Waals surface area contributed by atoms with E-state index < -0.39 is 5.97 Å². The Kier molecular flexibility index (Phi) is 5.12. The molecular formula is C17H15ClO3. The molecule has 0 saturated carbocycles. The van der Waals surface area contributed by atoms with E-state index in [1.807, 2.05) is 24.3 Å². The lowest BCUT2D eigenvalue weighted by molar-refractivity contribution is -0.131. The van der Waals surface area contributed by atoms with Gasteiger partial charge in [-0.05, 0) is 23.3 Å². The Morgan fingerprint density at radius 1 is 1.00 bits per heavy atom. The summed E-state index contributed by atoms with van der Waals surface area (Å²) in [6.45, 7) is 1.31. The number of Topliss-reactive ketones (excluding diaryl/α,β-unsaturated/α-hetero) is 1. The van der Waals surface area contributed by atoms with Gasteiger partial charge in [0.25, 0.3) is 0 Å². The van der Waals surface area contributed by atoms with Crippen LogP contribution in [-0.4, -0.2) is 11.8 Å². The van der Waals surface area contributed by atoms with Gasteiger partial charge in [-0.15, -0.1) is 11.6 Å². The summed E-state index contributed by atoms with van der Waals surface area (Å²) >= 11 is 5.73. The molecule has 2 aromatic rings. The van der Waals surface area contributed by atoms with Crippen molar-refractivity contribution in [2.24, 2.45) is 0 Å². The van der Waals surface area contributed by atoms with Crippen LogP contribution in [0.4, 0.5) is 0 Å². The quantitative estimate of drug-likeness (QED) is 0.365. The molecule has 0 bridgehead atoms. The minimum absolute atomic E-state index is 0.0922. The molecule has 0 heterocycles. The predicted octanol–water partition coefficient (Wildman–Crippen LogP) is 3.78. The third kappa shape index (κ3) is 4.17. The molecule has 0 radical (unpaired) electrons. The number of hydrogen-bond acceptors (Lipinski definition) is 3. The van der Waals surface area contributed by atoms with E-state index in [1.165, 1.54) is 6.92 Å². The summed E-state index contributed by atoms with van der Waals surface area (Å²) in [5.74, 6) is 0.211. The van der Waals surface area contributed by atoms with E-state index in [4.69, 9.17) is 16.3 Å². The largest absolute Gasteiger partial charge is 0.426 e. The molecule has 0 amide bonds. The fourth-order valence-corrected chi connectivity index (χ4v) is 2.15. The van der Waals surface area contributed by atoms with Gasteiger partial charge in [0, 0.05) is 19.2 Å². The summed E-state index contributed by atoms with van der Waals surface area (Å²) in [4.78, 5) is 23.4. The van der Waals surface area contributed by atoms with Gasteiger partial charge < -0.3 is 4.74 Å². The summed E-state index contributed by atoms with van der Waals surface area (Å²) in [7, 11) is 0. The Labute approximate surface area is 128 Å². The average molecular weight is 303 g/mol. The normalized spacial score (nSPS) is 10.2. The number of benzene rings is 2. The third-order valence-corrected chi connectivity index (χ3v) is 3.29. The number of esters is 1. The number of carbonyl (C=O) groups is 2. The highest BCUT2D eigenvalue weighted by molar-refractivity contribution is 6.17. The second-order valence-corrected chi connectivity index (χ2v) is 4.91. The van der Waals surface area contributed by atoms with Crippen molar-refractivity contribution in [3.63, 3.8) is 0 Å². The van der Waals surface area contributed by atoms with Gasteiger partial charge in [-0.3, -0.25) is 9.59 Å². The maximum absolute atomic E-state index is 12.4. The fourth-order valence-electron chi connectivity index (χ4n) is 1.97. The summed E-state index contributed by atoms with van der Waals surface area (Å²) in [6, 6.07) is 14.3. The second-order valence-electron chi connectivity index (χ2n) is 4.64. The van der Waals surface area contributed by atoms with Crippen LogP contribution >= 0.6 is 11.6 Å². The molecule has 2 rings (SSSR count). The molecule has 0 fully saturated rings. The molecule has 0 aromatic heterocycles. The zero-order valence-corrected chi connectivity index (χ0v) is 12.4. The Hall–Kier alpha value is -2.13. The molecule has 0 aliphatic rings. The summed E-state index contributed by atoms with van der Waals surface area (Å²) in [5, 5.41) is 0. The first-order valence-electron chi connectivity index (χ1n) is 6.54. The summed E-state index contributed by atoms with van der Waals surface area (Å²) in [6.07, 6.45) is 0.251. The van der Waals surface area contributed by atoms with Crippen LogP contribution < -0.4 is 4.74 Å². The van der Waals surface area contributed by atoms with Crippen LogP contribution in [-0.2, 0) is 17.1 Å². The van der Waals surface area contributed by atoms with Crippen LogP contribution in [0.5, 0.6) is 5.75 Å². The van der Waals surface area contributed by atoms with Gasteiger partial charge in [0.2, 0.25) is 0 Å². The Balaban J connectivity index is 2.17. The van der Waals surface area contributed by atoms with E-state index in [2.05, 4.69) is 0 Å². The zero-order chi connectivity index (χ0) is 15.2. The highest BCUT2D eigenvalue weighted by atomic mass is 35.5. The van der Waals surface area contributed by atoms with Crippen molar-refractivity contribution < 1.29 is 14.3 Å². The van der Waals surface area contributed by atoms with Crippen LogP contribution in [0.2, 0.25) is 0 Å². The standard InChI is InChI=1S/C17H15ClO3/c1-12(19)21-17-5-3-2-4-15(17)16(20)10-13-6-8-14(11-18)9-7-13/h2-9H,10-11H2,1H3. The number of halogens is 1. The summed E-state index contributed by atoms with van der Waals surface area (Å²) < 4.78 is 5.06. The molecule has 2 aromatic carbocycles. The number of alkyl halides is 1. The van der Waals surface area contributed by atoms with E-state index in [0.29, 0.717) is 17.2 Å². The zero-order valence-electron chi connectivity index (χ0n) is 11.6. The molecule has 0 aliphatic carbocycles. The van der Waals surface area contributed by atoms with Crippen molar-refractivity contribution in [2.45, 2.75) is 19.2 Å². The second kappa shape index (κ2) is 7.04. The van der Waals surface area contributed by atoms with Gasteiger partial charge in [0.15, 0.2) is 5.78 Å². The molecule has 4 heteroatoms. The van der Waals surface area contributed by atoms with Gasteiger partial charge in [-0.25, -0.2) is 0 Å². The molecule has 0 saturated heterocycles. The molecule has 0 atom stereocenters. The number of para-hydroxylation sites is 1. The first-order valence-corrected chi connectivity index (χ1v) is 7.08. The number of ether oxygens (including phenoxy) is 1. The van der Waals surface area contributed by atoms with Crippen molar-refractivity contribution in [1.82, 2.24) is 0 Å². The highest BCUT2D eigenvalue weighted by Gasteiger charge is 2.14. The Morgan fingerprint density at radius 2 is 1.62 bits per heavy atom. The van der Waals surface area contributed by atoms with Crippen LogP contribution in [0.25, 0.3) is 0 Å². The van der Waals surface area contributed by atoms with Crippen LogP contribution in [0.3, 0.4) is 0 Å². The minimum atomic E-state index is -0.443. The van der Waals surface area contributed by atoms with Crippen molar-refractivity contribution in [1.29, 1.82) is 0 Å². The molecule has 0 unspecified atom stereocenters. The van der Waals surface area contributed by atoms with Crippen molar-refractivity contribution >= 4 is 23.4 Å². The molecule has 3 nitrogen and oxygen atoms in total. The van der Waals surface area contributed by atoms with E-state index in [0.717, 1.165) is 11.1 Å². The van der Waals surface area contributed by atoms with Crippen LogP contribution in [0.15, 0.2) is 48.5 Å². The smallest absolute Gasteiger partial charge is 0.308 e. The van der Waals surface area contributed by atoms with E-state index in [1.54, 1.807) is 24.3 Å². The monoisotopic (exact) mass is 302 g/mol. The molecule has 0 spiro atoms. The SMILES string of the molecule is CC(=O)Oc1ccccc1C(=O)Cc1ccc(CCl)cc1. The lowest BCUT2D eigenvalue weighted by Gasteiger charge is -2.08. The van der Waals surface area contributed by atoms with Gasteiger partial charge in [-0.1, -0.05) is 36.4 Å². The van der Waals surface area contributed by atoms with Gasteiger partial charge in [0.05, 0.1) is 5.56 Å². The number of rotatable bonds is 5. The van der Waals surface area contributed by atoms with E-state index >= 15 is 0 Å². The van der Waals surface area contributed by atoms with Crippen molar-refractivity contribution in [3.8, 4) is 5.75 Å². The molecule has 0 N–H and O–H groups in total. The molecule has 21 heavy (non-hydrogen) atoms. The molecule has 0 aliphatic heterocycles. The summed E-state index contributed by atoms with van der Waals surface area (Å²) in [5.41, 5.74) is 2.31. The van der Waals surface area contributed by atoms with Crippen molar-refractivity contribution in [2.75, 3.05) is 0 Å². The number of hydrogen-bond donors (Lipinski definition) is 0. The molecule has 108 valence electrons. The Bertz CT molecular complexity index is 647. The first-order chi connectivity index (χ1) is 10.1. The third-order valence-electron chi connectivity index (χ3n) is 2.98. The van der Waals surface area contributed by atoms with Gasteiger partial charge >= 0.3 is 5.97 Å². The maximum atomic E-state index is 12.4. The minimum Gasteiger partial charge on any atom is -0.426 e. The lowest BCUT2D eigenvalue weighted by Crippen LogP contribution is -2.09. The van der Waals surface area contributed by atoms with Crippen molar-refractivity contribution in [3.05, 3.63) is 65.2 Å². The molecular weight excluding hydrogens is 288 g/mol. The van der Waals surface area contributed by atoms with E-state index in [-0.39, 0.29) is 12.2 Å². The lowest BCUT2D eigenvalue weighted by atomic mass is 10.0. The number of ketones is 1.